The Hall–Kier alpha value is -2.00. The molecule has 118 valence electrons. The highest BCUT2D eigenvalue weighted by atomic mass is 32.2. The summed E-state index contributed by atoms with van der Waals surface area (Å²) in [5, 5.41) is 2.48. The number of amides is 1. The first-order valence-electron chi connectivity index (χ1n) is 6.05. The van der Waals surface area contributed by atoms with Crippen LogP contribution in [0.2, 0.25) is 0 Å². The molecule has 0 saturated heterocycles. The molecule has 0 aliphatic heterocycles. The van der Waals surface area contributed by atoms with Gasteiger partial charge in [-0.05, 0) is 13.1 Å². The number of nitrogens with one attached hydrogen (secondary N) is 2. The van der Waals surface area contributed by atoms with E-state index in [1.165, 1.54) is 33.4 Å². The van der Waals surface area contributed by atoms with Crippen LogP contribution in [0, 0.1) is 0 Å². The van der Waals surface area contributed by atoms with Gasteiger partial charge in [0, 0.05) is 18.3 Å². The topological polar surface area (TPSA) is 120 Å². The third-order valence-electron chi connectivity index (χ3n) is 2.77. The van der Waals surface area contributed by atoms with Crippen LogP contribution >= 0.6 is 0 Å². The Morgan fingerprint density at radius 1 is 1.24 bits per heavy atom. The maximum Gasteiger partial charge on any atom is 0.253 e. The van der Waals surface area contributed by atoms with Gasteiger partial charge in [0.25, 0.3) is 5.91 Å². The summed E-state index contributed by atoms with van der Waals surface area (Å²) in [6.45, 7) is -0.0320. The van der Waals surface area contributed by atoms with Crippen molar-refractivity contribution in [3.63, 3.8) is 0 Å². The fourth-order valence-corrected chi connectivity index (χ4v) is 2.16. The molecule has 9 heteroatoms. The minimum absolute atomic E-state index is 0.0320. The number of hydrogen-bond donors (Lipinski definition) is 3. The number of nitrogens with two attached hydrogens (primary N) is 1. The van der Waals surface area contributed by atoms with Gasteiger partial charge in [0.05, 0.1) is 25.5 Å². The number of anilines is 1. The van der Waals surface area contributed by atoms with Gasteiger partial charge in [0.1, 0.15) is 0 Å². The van der Waals surface area contributed by atoms with Crippen LogP contribution in [0.15, 0.2) is 12.1 Å². The van der Waals surface area contributed by atoms with E-state index in [9.17, 15) is 13.2 Å². The molecule has 0 bridgehead atoms. The monoisotopic (exact) mass is 317 g/mol. The van der Waals surface area contributed by atoms with Crippen LogP contribution < -0.4 is 25.2 Å². The van der Waals surface area contributed by atoms with Gasteiger partial charge in [-0.2, -0.15) is 0 Å². The lowest BCUT2D eigenvalue weighted by atomic mass is 10.1. The number of carbonyl (C=O) groups excluding carboxylic acids is 1. The number of carbonyl (C=O) groups is 1. The molecule has 0 aliphatic carbocycles. The highest BCUT2D eigenvalue weighted by molar-refractivity contribution is 7.89. The third-order valence-corrected chi connectivity index (χ3v) is 4.13. The van der Waals surface area contributed by atoms with E-state index in [0.717, 1.165) is 0 Å². The van der Waals surface area contributed by atoms with E-state index in [-0.39, 0.29) is 23.5 Å². The second-order valence-electron chi connectivity index (χ2n) is 4.07. The minimum atomic E-state index is -3.37. The van der Waals surface area contributed by atoms with E-state index in [2.05, 4.69) is 10.0 Å². The predicted octanol–water partition coefficient (Wildman–Crippen LogP) is -0.435. The summed E-state index contributed by atoms with van der Waals surface area (Å²) in [7, 11) is 0.835. The average Bonchev–Trinajstić information content (AvgIpc) is 2.46. The van der Waals surface area contributed by atoms with E-state index >= 15 is 0 Å². The van der Waals surface area contributed by atoms with Crippen molar-refractivity contribution in [1.29, 1.82) is 0 Å². The first-order chi connectivity index (χ1) is 9.84. The Kier molecular flexibility index (Phi) is 5.79. The van der Waals surface area contributed by atoms with Gasteiger partial charge in [-0.1, -0.05) is 0 Å². The Bertz CT molecular complexity index is 616. The van der Waals surface area contributed by atoms with Crippen LogP contribution in [-0.4, -0.2) is 47.9 Å². The Morgan fingerprint density at radius 3 is 2.33 bits per heavy atom. The molecule has 4 N–H and O–H groups in total. The smallest absolute Gasteiger partial charge is 0.253 e. The van der Waals surface area contributed by atoms with Crippen molar-refractivity contribution < 1.29 is 22.7 Å². The highest BCUT2D eigenvalue weighted by Gasteiger charge is 2.16. The Morgan fingerprint density at radius 2 is 1.81 bits per heavy atom. The summed E-state index contributed by atoms with van der Waals surface area (Å²) in [5.74, 6) is 0.0615. The molecule has 0 aromatic heterocycles. The van der Waals surface area contributed by atoms with Crippen molar-refractivity contribution in [2.24, 2.45) is 0 Å². The van der Waals surface area contributed by atoms with Crippen molar-refractivity contribution in [2.45, 2.75) is 0 Å². The van der Waals surface area contributed by atoms with Gasteiger partial charge < -0.3 is 20.5 Å². The van der Waals surface area contributed by atoms with E-state index in [1.54, 1.807) is 0 Å². The fraction of sp³-hybridized carbons (Fsp3) is 0.417. The maximum atomic E-state index is 12.0. The average molecular weight is 317 g/mol. The zero-order chi connectivity index (χ0) is 16.0. The Balaban J connectivity index is 2.83. The lowest BCUT2D eigenvalue weighted by Crippen LogP contribution is -2.33. The number of benzene rings is 1. The molecule has 1 rings (SSSR count). The fourth-order valence-electron chi connectivity index (χ4n) is 1.59. The molecule has 0 aliphatic rings. The predicted molar refractivity (Wildman–Crippen MR) is 79.1 cm³/mol. The van der Waals surface area contributed by atoms with Crippen LogP contribution in [0.3, 0.4) is 0 Å². The highest BCUT2D eigenvalue weighted by Crippen LogP contribution is 2.31. The summed E-state index contributed by atoms with van der Waals surface area (Å²) in [6, 6.07) is 2.91. The van der Waals surface area contributed by atoms with Gasteiger partial charge in [0.15, 0.2) is 11.5 Å². The van der Waals surface area contributed by atoms with Gasteiger partial charge >= 0.3 is 0 Å². The van der Waals surface area contributed by atoms with E-state index in [1.807, 2.05) is 0 Å². The van der Waals surface area contributed by atoms with Crippen LogP contribution in [0.25, 0.3) is 0 Å². The lowest BCUT2D eigenvalue weighted by Gasteiger charge is -2.12. The molecule has 8 nitrogen and oxygen atoms in total. The summed E-state index contributed by atoms with van der Waals surface area (Å²) in [5.41, 5.74) is 6.18. The molecular formula is C12H19N3O5S. The number of hydrogen-bond acceptors (Lipinski definition) is 6. The molecule has 1 aromatic rings. The quantitative estimate of drug-likeness (QED) is 0.587. The van der Waals surface area contributed by atoms with Crippen LogP contribution in [0.4, 0.5) is 5.69 Å². The van der Waals surface area contributed by atoms with E-state index < -0.39 is 15.9 Å². The lowest BCUT2D eigenvalue weighted by molar-refractivity contribution is 0.0956. The summed E-state index contributed by atoms with van der Waals surface area (Å²) in [6.07, 6.45) is 0. The van der Waals surface area contributed by atoms with Crippen LogP contribution in [0.1, 0.15) is 10.4 Å². The zero-order valence-corrected chi connectivity index (χ0v) is 12.9. The first kappa shape index (κ1) is 17.1. The van der Waals surface area contributed by atoms with Crippen molar-refractivity contribution in [3.05, 3.63) is 17.7 Å². The molecule has 0 fully saturated rings. The van der Waals surface area contributed by atoms with Crippen LogP contribution in [-0.2, 0) is 10.0 Å². The molecular weight excluding hydrogens is 298 g/mol. The summed E-state index contributed by atoms with van der Waals surface area (Å²) in [4.78, 5) is 12.0. The molecule has 0 saturated carbocycles. The van der Waals surface area contributed by atoms with Gasteiger partial charge in [-0.25, -0.2) is 13.1 Å². The van der Waals surface area contributed by atoms with Gasteiger partial charge in [-0.3, -0.25) is 4.79 Å². The first-order valence-corrected chi connectivity index (χ1v) is 7.70. The normalized spacial score (nSPS) is 11.0. The van der Waals surface area contributed by atoms with Gasteiger partial charge in [0.2, 0.25) is 10.0 Å². The number of methoxy groups -OCH3 is 2. The van der Waals surface area contributed by atoms with Gasteiger partial charge in [-0.15, -0.1) is 0 Å². The van der Waals surface area contributed by atoms with Crippen molar-refractivity contribution >= 4 is 21.6 Å². The van der Waals surface area contributed by atoms with E-state index in [4.69, 9.17) is 15.2 Å². The maximum absolute atomic E-state index is 12.0. The van der Waals surface area contributed by atoms with Crippen molar-refractivity contribution in [1.82, 2.24) is 10.0 Å². The van der Waals surface area contributed by atoms with Crippen molar-refractivity contribution in [3.8, 4) is 11.5 Å². The summed E-state index contributed by atoms with van der Waals surface area (Å²) < 4.78 is 34.8. The summed E-state index contributed by atoms with van der Waals surface area (Å²) >= 11 is 0. The standard InChI is InChI=1S/C12H19N3O5S/c1-14-21(17,18)5-4-15-12(16)8-6-10(19-2)11(20-3)7-9(8)13/h6-7,14H,4-5,13H2,1-3H3,(H,15,16). The number of sulfonamides is 1. The molecule has 0 spiro atoms. The minimum Gasteiger partial charge on any atom is -0.493 e. The van der Waals surface area contributed by atoms with Crippen molar-refractivity contribution in [2.75, 3.05) is 39.3 Å². The second kappa shape index (κ2) is 7.14. The Labute approximate surface area is 123 Å². The largest absolute Gasteiger partial charge is 0.493 e. The number of rotatable bonds is 7. The molecule has 0 heterocycles. The molecule has 0 radical (unpaired) electrons. The van der Waals surface area contributed by atoms with E-state index in [0.29, 0.717) is 11.5 Å². The SMILES string of the molecule is CNS(=O)(=O)CCNC(=O)c1cc(OC)c(OC)cc1N. The molecule has 0 atom stereocenters. The third kappa shape index (κ3) is 4.50. The van der Waals surface area contributed by atoms with Crippen LogP contribution in [0.5, 0.6) is 11.5 Å². The molecule has 1 aromatic carbocycles. The molecule has 21 heavy (non-hydrogen) atoms. The molecule has 1 amide bonds. The number of ether oxygens (including phenoxy) is 2. The second-order valence-corrected chi connectivity index (χ2v) is 6.12. The zero-order valence-electron chi connectivity index (χ0n) is 12.1. The number of nitrogen functional groups attached to an aromatic ring is 1. The molecule has 0 unspecified atom stereocenters.